The minimum Gasteiger partial charge on any atom is -0.488 e. The summed E-state index contributed by atoms with van der Waals surface area (Å²) >= 11 is 1.49. The Hall–Kier alpha value is -1.68. The van der Waals surface area contributed by atoms with Crippen molar-refractivity contribution in [3.05, 3.63) is 48.3 Å². The summed E-state index contributed by atoms with van der Waals surface area (Å²) in [5.41, 5.74) is 6.27. The Balaban J connectivity index is 2.29. The monoisotopic (exact) mass is 277 g/mol. The van der Waals surface area contributed by atoms with Crippen LogP contribution in [0.2, 0.25) is 0 Å². The van der Waals surface area contributed by atoms with E-state index in [1.165, 1.54) is 17.8 Å². The van der Waals surface area contributed by atoms with Gasteiger partial charge in [0.2, 0.25) is 0 Å². The van der Waals surface area contributed by atoms with Crippen molar-refractivity contribution in [1.29, 1.82) is 0 Å². The first-order valence-corrected chi connectivity index (χ1v) is 6.86. The maximum atomic E-state index is 13.7. The third kappa shape index (κ3) is 3.64. The van der Waals surface area contributed by atoms with Gasteiger partial charge in [-0.1, -0.05) is 30.0 Å². The molecule has 0 aliphatic heterocycles. The zero-order chi connectivity index (χ0) is 13.8. The number of hydrogen-bond acceptors (Lipinski definition) is 3. The van der Waals surface area contributed by atoms with Gasteiger partial charge in [-0.25, -0.2) is 4.39 Å². The van der Waals surface area contributed by atoms with Gasteiger partial charge < -0.3 is 10.5 Å². The van der Waals surface area contributed by atoms with Gasteiger partial charge in [0.05, 0.1) is 6.10 Å². The van der Waals surface area contributed by atoms with Gasteiger partial charge >= 0.3 is 0 Å². The molecule has 0 saturated heterocycles. The van der Waals surface area contributed by atoms with E-state index >= 15 is 0 Å². The number of anilines is 1. The number of ether oxygens (including phenoxy) is 1. The van der Waals surface area contributed by atoms with E-state index < -0.39 is 5.82 Å². The molecule has 0 saturated carbocycles. The van der Waals surface area contributed by atoms with Crippen LogP contribution in [0.5, 0.6) is 5.75 Å². The molecule has 0 aliphatic carbocycles. The highest BCUT2D eigenvalue weighted by Crippen LogP contribution is 2.36. The normalized spacial score (nSPS) is 10.7. The van der Waals surface area contributed by atoms with Gasteiger partial charge in [-0.2, -0.15) is 0 Å². The van der Waals surface area contributed by atoms with E-state index in [0.29, 0.717) is 5.69 Å². The van der Waals surface area contributed by atoms with Gasteiger partial charge in [0.1, 0.15) is 0 Å². The minimum atomic E-state index is -0.427. The summed E-state index contributed by atoms with van der Waals surface area (Å²) < 4.78 is 19.1. The molecule has 4 heteroatoms. The number of hydrogen-bond donors (Lipinski definition) is 1. The van der Waals surface area contributed by atoms with E-state index in [2.05, 4.69) is 0 Å². The quantitative estimate of drug-likeness (QED) is 0.844. The Morgan fingerprint density at radius 3 is 2.47 bits per heavy atom. The molecule has 0 spiro atoms. The van der Waals surface area contributed by atoms with Gasteiger partial charge in [-0.05, 0) is 32.0 Å². The highest BCUT2D eigenvalue weighted by molar-refractivity contribution is 7.99. The van der Waals surface area contributed by atoms with Crippen LogP contribution in [0, 0.1) is 5.82 Å². The first kappa shape index (κ1) is 13.7. The third-order valence-corrected chi connectivity index (χ3v) is 3.48. The minimum absolute atomic E-state index is 0.0762. The van der Waals surface area contributed by atoms with E-state index in [1.54, 1.807) is 6.07 Å². The average molecular weight is 277 g/mol. The summed E-state index contributed by atoms with van der Waals surface area (Å²) in [4.78, 5) is 1.85. The molecule has 2 aromatic carbocycles. The fourth-order valence-electron chi connectivity index (χ4n) is 1.60. The molecule has 0 atom stereocenters. The molecule has 0 aliphatic rings. The van der Waals surface area contributed by atoms with Gasteiger partial charge in [0.25, 0.3) is 0 Å². The standard InChI is InChI=1S/C15H16FNOS/c1-10(2)18-14-9-15(13(17)8-12(14)16)19-11-6-4-3-5-7-11/h3-10H,17H2,1-2H3. The second kappa shape index (κ2) is 5.97. The number of rotatable bonds is 4. The zero-order valence-corrected chi connectivity index (χ0v) is 11.7. The average Bonchev–Trinajstić information content (AvgIpc) is 2.36. The van der Waals surface area contributed by atoms with Crippen molar-refractivity contribution in [1.82, 2.24) is 0 Å². The van der Waals surface area contributed by atoms with Crippen molar-refractivity contribution in [2.45, 2.75) is 29.7 Å². The molecule has 19 heavy (non-hydrogen) atoms. The van der Waals surface area contributed by atoms with Crippen molar-refractivity contribution in [2.24, 2.45) is 0 Å². The van der Waals surface area contributed by atoms with Crippen LogP contribution in [-0.2, 0) is 0 Å². The lowest BCUT2D eigenvalue weighted by molar-refractivity contribution is 0.230. The Morgan fingerprint density at radius 1 is 1.16 bits per heavy atom. The number of nitrogen functional groups attached to an aromatic ring is 1. The second-order valence-electron chi connectivity index (χ2n) is 4.40. The topological polar surface area (TPSA) is 35.2 Å². The fraction of sp³-hybridized carbons (Fsp3) is 0.200. The zero-order valence-electron chi connectivity index (χ0n) is 10.9. The molecule has 2 N–H and O–H groups in total. The van der Waals surface area contributed by atoms with Gasteiger partial charge in [0.15, 0.2) is 11.6 Å². The summed E-state index contributed by atoms with van der Waals surface area (Å²) in [5, 5.41) is 0. The van der Waals surface area contributed by atoms with Crippen molar-refractivity contribution in [3.8, 4) is 5.75 Å². The molecule has 0 unspecified atom stereocenters. The van der Waals surface area contributed by atoms with E-state index in [1.807, 2.05) is 44.2 Å². The molecule has 2 aromatic rings. The van der Waals surface area contributed by atoms with Gasteiger partial charge in [-0.15, -0.1) is 0 Å². The maximum Gasteiger partial charge on any atom is 0.167 e. The Kier molecular flexibility index (Phi) is 4.32. The molecular formula is C15H16FNOS. The van der Waals surface area contributed by atoms with Crippen molar-refractivity contribution in [2.75, 3.05) is 5.73 Å². The Labute approximate surface area is 116 Å². The molecule has 0 bridgehead atoms. The van der Waals surface area contributed by atoms with Crippen LogP contribution < -0.4 is 10.5 Å². The SMILES string of the molecule is CC(C)Oc1cc(Sc2ccccc2)c(N)cc1F. The summed E-state index contributed by atoms with van der Waals surface area (Å²) in [6.45, 7) is 3.72. The lowest BCUT2D eigenvalue weighted by atomic mass is 10.3. The number of benzene rings is 2. The highest BCUT2D eigenvalue weighted by Gasteiger charge is 2.11. The van der Waals surface area contributed by atoms with E-state index in [0.717, 1.165) is 9.79 Å². The van der Waals surface area contributed by atoms with Crippen LogP contribution in [0.3, 0.4) is 0 Å². The summed E-state index contributed by atoms with van der Waals surface area (Å²) in [5.74, 6) is -0.189. The predicted octanol–water partition coefficient (Wildman–Crippen LogP) is 4.35. The van der Waals surface area contributed by atoms with Crippen LogP contribution in [0.15, 0.2) is 52.3 Å². The van der Waals surface area contributed by atoms with Crippen molar-refractivity contribution >= 4 is 17.4 Å². The maximum absolute atomic E-state index is 13.7. The Morgan fingerprint density at radius 2 is 1.84 bits per heavy atom. The fourth-order valence-corrected chi connectivity index (χ4v) is 2.49. The Bertz CT molecular complexity index is 558. The predicted molar refractivity (Wildman–Crippen MR) is 77.1 cm³/mol. The van der Waals surface area contributed by atoms with Crippen LogP contribution in [0.1, 0.15) is 13.8 Å². The molecule has 0 aromatic heterocycles. The van der Waals surface area contributed by atoms with Crippen LogP contribution >= 0.6 is 11.8 Å². The first-order chi connectivity index (χ1) is 9.06. The summed E-state index contributed by atoms with van der Waals surface area (Å²) in [6, 6.07) is 12.8. The molecule has 0 radical (unpaired) electrons. The molecular weight excluding hydrogens is 261 g/mol. The number of halogens is 1. The smallest absolute Gasteiger partial charge is 0.167 e. The van der Waals surface area contributed by atoms with E-state index in [4.69, 9.17) is 10.5 Å². The van der Waals surface area contributed by atoms with Gasteiger partial charge in [0, 0.05) is 21.5 Å². The van der Waals surface area contributed by atoms with E-state index in [9.17, 15) is 4.39 Å². The van der Waals surface area contributed by atoms with Gasteiger partial charge in [-0.3, -0.25) is 0 Å². The van der Waals surface area contributed by atoms with Crippen LogP contribution in [-0.4, -0.2) is 6.10 Å². The molecule has 2 nitrogen and oxygen atoms in total. The summed E-state index contributed by atoms with van der Waals surface area (Å²) in [7, 11) is 0. The lowest BCUT2D eigenvalue weighted by Gasteiger charge is -2.13. The summed E-state index contributed by atoms with van der Waals surface area (Å²) in [6.07, 6.45) is -0.0762. The molecule has 0 heterocycles. The second-order valence-corrected chi connectivity index (χ2v) is 5.52. The third-order valence-electron chi connectivity index (χ3n) is 2.40. The van der Waals surface area contributed by atoms with Crippen molar-refractivity contribution in [3.63, 3.8) is 0 Å². The molecule has 0 amide bonds. The van der Waals surface area contributed by atoms with Crippen molar-refractivity contribution < 1.29 is 9.13 Å². The van der Waals surface area contributed by atoms with Crippen LogP contribution in [0.25, 0.3) is 0 Å². The first-order valence-electron chi connectivity index (χ1n) is 6.05. The molecule has 2 rings (SSSR count). The highest BCUT2D eigenvalue weighted by atomic mass is 32.2. The number of nitrogens with two attached hydrogens (primary N) is 1. The van der Waals surface area contributed by atoms with E-state index in [-0.39, 0.29) is 11.9 Å². The molecule has 0 fully saturated rings. The van der Waals surface area contributed by atoms with Crippen LogP contribution in [0.4, 0.5) is 10.1 Å². The largest absolute Gasteiger partial charge is 0.488 e. The molecule has 100 valence electrons. The lowest BCUT2D eigenvalue weighted by Crippen LogP contribution is -2.07.